The van der Waals surface area contributed by atoms with Gasteiger partial charge in [-0.3, -0.25) is 20.3 Å². The van der Waals surface area contributed by atoms with E-state index in [0.717, 1.165) is 0 Å². The number of methoxy groups -OCH3 is 1. The number of thioether (sulfide) groups is 1. The highest BCUT2D eigenvalue weighted by Crippen LogP contribution is 2.36. The highest BCUT2D eigenvalue weighted by atomic mass is 32.2. The molecule has 3 heterocycles. The van der Waals surface area contributed by atoms with Crippen LogP contribution in [0.2, 0.25) is 0 Å². The number of benzene rings is 1. The molecule has 0 radical (unpaired) electrons. The summed E-state index contributed by atoms with van der Waals surface area (Å²) in [5.41, 5.74) is 1.91. The molecule has 0 aliphatic carbocycles. The zero-order valence-electron chi connectivity index (χ0n) is 17.8. The third kappa shape index (κ3) is 3.85. The number of halogens is 3. The molecule has 2 aromatic rings. The predicted molar refractivity (Wildman–Crippen MR) is 120 cm³/mol. The van der Waals surface area contributed by atoms with Crippen LogP contribution in [0.25, 0.3) is 11.8 Å². The number of fused-ring (bicyclic) bond motifs is 1. The lowest BCUT2D eigenvalue weighted by molar-refractivity contribution is -0.384. The van der Waals surface area contributed by atoms with Gasteiger partial charge in [-0.2, -0.15) is 28.3 Å². The maximum atomic E-state index is 13.0. The average molecular weight is 492 g/mol. The van der Waals surface area contributed by atoms with Crippen molar-refractivity contribution in [1.29, 1.82) is 5.41 Å². The quantitative estimate of drug-likeness (QED) is 0.387. The number of amides is 1. The molecule has 0 unspecified atom stereocenters. The van der Waals surface area contributed by atoms with Gasteiger partial charge < -0.3 is 9.30 Å². The van der Waals surface area contributed by atoms with Gasteiger partial charge in [0.05, 0.1) is 29.4 Å². The lowest BCUT2D eigenvalue weighted by atomic mass is 10.1. The first-order valence-electron chi connectivity index (χ1n) is 9.51. The molecule has 10 nitrogen and oxygen atoms in total. The van der Waals surface area contributed by atoms with Crippen LogP contribution >= 0.6 is 11.8 Å². The van der Waals surface area contributed by atoms with Gasteiger partial charge in [0.1, 0.15) is 5.75 Å². The summed E-state index contributed by atoms with van der Waals surface area (Å²) in [4.78, 5) is 26.7. The summed E-state index contributed by atoms with van der Waals surface area (Å²) < 4.78 is 46.1. The number of aromatic nitrogens is 1. The number of hydrogen-bond acceptors (Lipinski definition) is 7. The minimum absolute atomic E-state index is 0.150. The number of carbonyl (C=O) groups is 1. The molecular formula is C20H15F3N6O4S. The summed E-state index contributed by atoms with van der Waals surface area (Å²) in [5.74, 6) is -1.14. The first kappa shape index (κ1) is 23.2. The van der Waals surface area contributed by atoms with Crippen LogP contribution in [-0.4, -0.2) is 49.7 Å². The molecule has 0 atom stereocenters. The van der Waals surface area contributed by atoms with E-state index in [0.29, 0.717) is 27.6 Å². The Balaban J connectivity index is 1.76. The van der Waals surface area contributed by atoms with Crippen molar-refractivity contribution in [3.05, 3.63) is 56.9 Å². The number of nitro benzene ring substituents is 1. The van der Waals surface area contributed by atoms with E-state index < -0.39 is 27.9 Å². The molecule has 1 aromatic heterocycles. The Bertz CT molecular complexity index is 1360. The number of nitrogens with one attached hydrogen (secondary N) is 1. The smallest absolute Gasteiger partial charge is 0.441 e. The van der Waals surface area contributed by atoms with Crippen molar-refractivity contribution in [2.75, 3.05) is 7.11 Å². The van der Waals surface area contributed by atoms with Crippen LogP contribution in [0.4, 0.5) is 18.9 Å². The number of hydrogen-bond donors (Lipinski definition) is 1. The first-order chi connectivity index (χ1) is 15.9. The molecule has 0 spiro atoms. The SMILES string of the molecule is COc1cc([N+](=O)[O-])ccc1-n1c(C)cc(/C=C2/C(=N)N3N=C(C(F)(F)F)SC3=NC2=O)c1C. The van der Waals surface area contributed by atoms with Crippen LogP contribution in [0.5, 0.6) is 5.75 Å². The Hall–Kier alpha value is -3.94. The molecule has 34 heavy (non-hydrogen) atoms. The van der Waals surface area contributed by atoms with E-state index >= 15 is 0 Å². The van der Waals surface area contributed by atoms with Gasteiger partial charge in [-0.15, -0.1) is 0 Å². The van der Waals surface area contributed by atoms with Crippen LogP contribution < -0.4 is 4.74 Å². The monoisotopic (exact) mass is 492 g/mol. The van der Waals surface area contributed by atoms with E-state index in [9.17, 15) is 28.1 Å². The van der Waals surface area contributed by atoms with Gasteiger partial charge in [0.15, 0.2) is 5.84 Å². The number of amidine groups is 2. The van der Waals surface area contributed by atoms with E-state index in [4.69, 9.17) is 10.1 Å². The van der Waals surface area contributed by atoms with Gasteiger partial charge in [0, 0.05) is 17.5 Å². The fourth-order valence-electron chi connectivity index (χ4n) is 3.53. The molecule has 0 saturated heterocycles. The molecule has 176 valence electrons. The van der Waals surface area contributed by atoms with Crippen LogP contribution in [0, 0.1) is 29.4 Å². The summed E-state index contributed by atoms with van der Waals surface area (Å²) in [5, 5.41) is 21.9. The number of ether oxygens (including phenoxy) is 1. The van der Waals surface area contributed by atoms with Gasteiger partial charge in [-0.05, 0) is 49.4 Å². The van der Waals surface area contributed by atoms with Gasteiger partial charge in [0.2, 0.25) is 10.2 Å². The average Bonchev–Trinajstić information content (AvgIpc) is 3.31. The topological polar surface area (TPSA) is 126 Å². The standard InChI is InChI=1S/C20H15F3N6O4S/c1-9-6-11(10(2)27(9)14-5-4-12(29(31)32)8-15(14)33-3)7-13-16(24)28-19(25-17(13)30)34-18(26-28)20(21,22)23/h4-8,24H,1-3H3/b13-7-,24-16?. The van der Waals surface area contributed by atoms with Gasteiger partial charge >= 0.3 is 6.18 Å². The maximum Gasteiger partial charge on any atom is 0.441 e. The number of rotatable bonds is 4. The zero-order chi connectivity index (χ0) is 24.9. The first-order valence-corrected chi connectivity index (χ1v) is 10.3. The van der Waals surface area contributed by atoms with Crippen molar-refractivity contribution in [3.8, 4) is 11.4 Å². The summed E-state index contributed by atoms with van der Waals surface area (Å²) in [6.45, 7) is 3.48. The summed E-state index contributed by atoms with van der Waals surface area (Å²) in [6, 6.07) is 5.83. The minimum atomic E-state index is -4.73. The van der Waals surface area contributed by atoms with E-state index in [1.807, 2.05) is 0 Å². The molecule has 1 amide bonds. The van der Waals surface area contributed by atoms with Crippen molar-refractivity contribution in [3.63, 3.8) is 0 Å². The molecule has 2 aliphatic heterocycles. The second-order valence-corrected chi connectivity index (χ2v) is 8.15. The third-order valence-corrected chi connectivity index (χ3v) is 6.04. The van der Waals surface area contributed by atoms with E-state index in [-0.39, 0.29) is 33.9 Å². The normalized spacial score (nSPS) is 17.1. The van der Waals surface area contributed by atoms with Crippen molar-refractivity contribution < 1.29 is 27.6 Å². The molecule has 1 N–H and O–H groups in total. The number of nitrogens with zero attached hydrogens (tertiary/aromatic N) is 5. The number of aliphatic imine (C=N–C) groups is 1. The lowest BCUT2D eigenvalue weighted by Crippen LogP contribution is -2.35. The summed E-state index contributed by atoms with van der Waals surface area (Å²) in [6.07, 6.45) is -3.38. The zero-order valence-corrected chi connectivity index (χ0v) is 18.6. The Morgan fingerprint density at radius 2 is 1.97 bits per heavy atom. The molecule has 1 aromatic carbocycles. The van der Waals surface area contributed by atoms with Crippen LogP contribution in [0.1, 0.15) is 17.0 Å². The Morgan fingerprint density at radius 3 is 2.59 bits per heavy atom. The molecule has 2 aliphatic rings. The number of alkyl halides is 3. The number of nitro groups is 1. The Labute approximate surface area is 194 Å². The van der Waals surface area contributed by atoms with Crippen LogP contribution in [0.15, 0.2) is 39.9 Å². The molecule has 0 fully saturated rings. The van der Waals surface area contributed by atoms with Crippen molar-refractivity contribution >= 4 is 45.5 Å². The lowest BCUT2D eigenvalue weighted by Gasteiger charge is -2.20. The van der Waals surface area contributed by atoms with E-state index in [1.54, 1.807) is 24.5 Å². The highest BCUT2D eigenvalue weighted by molar-refractivity contribution is 8.27. The Morgan fingerprint density at radius 1 is 1.26 bits per heavy atom. The number of aryl methyl sites for hydroxylation is 1. The minimum Gasteiger partial charge on any atom is -0.494 e. The van der Waals surface area contributed by atoms with Crippen molar-refractivity contribution in [2.24, 2.45) is 10.1 Å². The molecule has 14 heteroatoms. The molecule has 0 saturated carbocycles. The molecular weight excluding hydrogens is 477 g/mol. The van der Waals surface area contributed by atoms with Gasteiger partial charge in [-0.1, -0.05) is 0 Å². The van der Waals surface area contributed by atoms with Gasteiger partial charge in [0.25, 0.3) is 11.6 Å². The fraction of sp³-hybridized carbons (Fsp3) is 0.200. The van der Waals surface area contributed by atoms with E-state index in [2.05, 4.69) is 10.1 Å². The highest BCUT2D eigenvalue weighted by Gasteiger charge is 2.46. The largest absolute Gasteiger partial charge is 0.494 e. The fourth-order valence-corrected chi connectivity index (χ4v) is 4.29. The number of hydrazone groups is 1. The molecule has 4 rings (SSSR count). The van der Waals surface area contributed by atoms with Gasteiger partial charge in [-0.25, -0.2) is 0 Å². The van der Waals surface area contributed by atoms with Crippen molar-refractivity contribution in [1.82, 2.24) is 9.58 Å². The maximum absolute atomic E-state index is 13.0. The summed E-state index contributed by atoms with van der Waals surface area (Å²) in [7, 11) is 1.38. The number of non-ortho nitro benzene ring substituents is 1. The Kier molecular flexibility index (Phi) is 5.55. The summed E-state index contributed by atoms with van der Waals surface area (Å²) >= 11 is 0.178. The predicted octanol–water partition coefficient (Wildman–Crippen LogP) is 4.19. The third-order valence-electron chi connectivity index (χ3n) is 5.08. The van der Waals surface area contributed by atoms with Crippen LogP contribution in [0.3, 0.4) is 0 Å². The second kappa shape index (κ2) is 8.13. The number of carbonyl (C=O) groups excluding carboxylic acids is 1. The van der Waals surface area contributed by atoms with Crippen LogP contribution in [-0.2, 0) is 4.79 Å². The molecule has 0 bridgehead atoms. The van der Waals surface area contributed by atoms with Crippen molar-refractivity contribution in [2.45, 2.75) is 20.0 Å². The van der Waals surface area contributed by atoms with E-state index in [1.165, 1.54) is 31.4 Å². The second-order valence-electron chi connectivity index (χ2n) is 7.20.